The Hall–Kier alpha value is -1.48. The number of primary amides is 1. The zero-order valence-corrected chi connectivity index (χ0v) is 13.0. The number of aliphatic hydroxyl groups excluding tert-OH is 1. The number of hydrogen-bond acceptors (Lipinski definition) is 4. The first-order valence-electron chi connectivity index (χ1n) is 6.27. The third-order valence-electron chi connectivity index (χ3n) is 2.91. The standard InChI is InChI=1S/C13H19NO2.H3NO3S/c1-8(2)12(15)9(3)10-6-4-5-7-11(10)13(14)16;1-5(2,3)4/h4-9,12,15H,1-3H3,(H2,14,16);(H3,1,2,3,4). The summed E-state index contributed by atoms with van der Waals surface area (Å²) in [5.74, 6) is -0.391. The molecule has 21 heavy (non-hydrogen) atoms. The highest BCUT2D eigenvalue weighted by molar-refractivity contribution is 7.83. The van der Waals surface area contributed by atoms with E-state index in [2.05, 4.69) is 5.14 Å². The Morgan fingerprint density at radius 1 is 1.19 bits per heavy atom. The normalized spacial score (nSPS) is 14.0. The van der Waals surface area contributed by atoms with E-state index in [0.29, 0.717) is 5.56 Å². The SMILES string of the molecule is CC(C)C(O)C(C)c1ccccc1C(N)=O.NS(=O)(=O)O. The number of amides is 1. The maximum atomic E-state index is 11.3. The molecule has 6 N–H and O–H groups in total. The van der Waals surface area contributed by atoms with Crippen molar-refractivity contribution in [2.45, 2.75) is 32.8 Å². The third-order valence-corrected chi connectivity index (χ3v) is 2.91. The molecule has 0 aromatic heterocycles. The van der Waals surface area contributed by atoms with Crippen LogP contribution in [0, 0.1) is 5.92 Å². The first-order chi connectivity index (χ1) is 9.45. The van der Waals surface area contributed by atoms with Crippen LogP contribution in [0.25, 0.3) is 0 Å². The van der Waals surface area contributed by atoms with Crippen LogP contribution >= 0.6 is 0 Å². The summed E-state index contributed by atoms with van der Waals surface area (Å²) in [4.78, 5) is 11.3. The van der Waals surface area contributed by atoms with Gasteiger partial charge >= 0.3 is 10.3 Å². The Morgan fingerprint density at radius 3 is 2.00 bits per heavy atom. The van der Waals surface area contributed by atoms with E-state index in [-0.39, 0.29) is 11.8 Å². The van der Waals surface area contributed by atoms with Crippen LogP contribution in [0.1, 0.15) is 42.6 Å². The van der Waals surface area contributed by atoms with Crippen LogP contribution in [-0.2, 0) is 10.3 Å². The lowest BCUT2D eigenvalue weighted by Gasteiger charge is -2.23. The molecule has 1 aromatic carbocycles. The Kier molecular flexibility index (Phi) is 7.51. The van der Waals surface area contributed by atoms with Crippen LogP contribution in [0.5, 0.6) is 0 Å². The van der Waals surface area contributed by atoms with Crippen molar-refractivity contribution in [3.63, 3.8) is 0 Å². The van der Waals surface area contributed by atoms with Gasteiger partial charge in [-0.25, -0.2) is 5.14 Å². The van der Waals surface area contributed by atoms with E-state index in [0.717, 1.165) is 5.56 Å². The first-order valence-corrected chi connectivity index (χ1v) is 7.77. The molecule has 0 aliphatic heterocycles. The number of carbonyl (C=O) groups is 1. The van der Waals surface area contributed by atoms with Gasteiger partial charge in [-0.2, -0.15) is 8.42 Å². The van der Waals surface area contributed by atoms with Crippen molar-refractivity contribution in [3.05, 3.63) is 35.4 Å². The lowest BCUT2D eigenvalue weighted by atomic mass is 9.86. The molecule has 1 rings (SSSR count). The molecule has 7 nitrogen and oxygen atoms in total. The summed E-state index contributed by atoms with van der Waals surface area (Å²) >= 11 is 0. The molecule has 0 saturated carbocycles. The van der Waals surface area contributed by atoms with Gasteiger partial charge in [-0.1, -0.05) is 39.0 Å². The highest BCUT2D eigenvalue weighted by Gasteiger charge is 2.22. The Bertz CT molecular complexity index is 564. The average molecular weight is 318 g/mol. The van der Waals surface area contributed by atoms with Gasteiger partial charge in [0.2, 0.25) is 5.91 Å². The summed E-state index contributed by atoms with van der Waals surface area (Å²) in [7, 11) is -4.17. The van der Waals surface area contributed by atoms with Gasteiger partial charge in [-0.05, 0) is 17.5 Å². The van der Waals surface area contributed by atoms with Crippen molar-refractivity contribution in [1.29, 1.82) is 0 Å². The largest absolute Gasteiger partial charge is 0.392 e. The van der Waals surface area contributed by atoms with Crippen molar-refractivity contribution >= 4 is 16.2 Å². The maximum Gasteiger partial charge on any atom is 0.330 e. The number of rotatable bonds is 4. The number of aliphatic hydroxyl groups is 1. The van der Waals surface area contributed by atoms with Crippen LogP contribution in [0.3, 0.4) is 0 Å². The lowest BCUT2D eigenvalue weighted by molar-refractivity contribution is 0.0969. The first kappa shape index (κ1) is 19.5. The fraction of sp³-hybridized carbons (Fsp3) is 0.462. The van der Waals surface area contributed by atoms with Gasteiger partial charge in [0.1, 0.15) is 0 Å². The minimum atomic E-state index is -4.17. The van der Waals surface area contributed by atoms with E-state index < -0.39 is 22.3 Å². The molecule has 0 bridgehead atoms. The average Bonchev–Trinajstić information content (AvgIpc) is 2.34. The molecule has 0 aliphatic carbocycles. The smallest absolute Gasteiger partial charge is 0.330 e. The van der Waals surface area contributed by atoms with Gasteiger partial charge < -0.3 is 10.8 Å². The van der Waals surface area contributed by atoms with Crippen LogP contribution in [-0.4, -0.2) is 30.1 Å². The lowest BCUT2D eigenvalue weighted by Crippen LogP contribution is -2.25. The predicted octanol–water partition coefficient (Wildman–Crippen LogP) is 0.654. The molecule has 1 amide bonds. The van der Waals surface area contributed by atoms with Gasteiger partial charge in [0.05, 0.1) is 6.10 Å². The van der Waals surface area contributed by atoms with Crippen molar-refractivity contribution in [3.8, 4) is 0 Å². The van der Waals surface area contributed by atoms with Crippen LogP contribution in [0.15, 0.2) is 24.3 Å². The van der Waals surface area contributed by atoms with E-state index in [1.165, 1.54) is 0 Å². The summed E-state index contributed by atoms with van der Waals surface area (Å²) in [5.41, 5.74) is 6.62. The minimum Gasteiger partial charge on any atom is -0.392 e. The fourth-order valence-electron chi connectivity index (χ4n) is 1.88. The highest BCUT2D eigenvalue weighted by Crippen LogP contribution is 2.26. The maximum absolute atomic E-state index is 11.3. The summed E-state index contributed by atoms with van der Waals surface area (Å²) in [5, 5.41) is 13.9. The van der Waals surface area contributed by atoms with Gasteiger partial charge in [0, 0.05) is 11.5 Å². The minimum absolute atomic E-state index is 0.0938. The zero-order valence-electron chi connectivity index (χ0n) is 12.2. The van der Waals surface area contributed by atoms with E-state index in [4.69, 9.17) is 18.7 Å². The molecule has 0 aliphatic rings. The van der Waals surface area contributed by atoms with E-state index in [1.807, 2.05) is 32.9 Å². The monoisotopic (exact) mass is 318 g/mol. The fourth-order valence-corrected chi connectivity index (χ4v) is 1.88. The molecular formula is C13H22N2O5S. The molecule has 0 radical (unpaired) electrons. The Morgan fingerprint density at radius 2 is 1.62 bits per heavy atom. The van der Waals surface area contributed by atoms with Gasteiger partial charge in [-0.15, -0.1) is 0 Å². The summed E-state index contributed by atoms with van der Waals surface area (Å²) in [6, 6.07) is 7.17. The van der Waals surface area contributed by atoms with E-state index in [1.54, 1.807) is 12.1 Å². The number of hydrogen-bond donors (Lipinski definition) is 4. The van der Waals surface area contributed by atoms with Gasteiger partial charge in [0.25, 0.3) is 0 Å². The van der Waals surface area contributed by atoms with Crippen LogP contribution in [0.2, 0.25) is 0 Å². The molecule has 0 fully saturated rings. The highest BCUT2D eigenvalue weighted by atomic mass is 32.2. The quantitative estimate of drug-likeness (QED) is 0.603. The molecule has 2 unspecified atom stereocenters. The molecule has 8 heteroatoms. The van der Waals surface area contributed by atoms with E-state index in [9.17, 15) is 9.90 Å². The second-order valence-electron chi connectivity index (χ2n) is 4.99. The second kappa shape index (κ2) is 8.08. The van der Waals surface area contributed by atoms with Gasteiger partial charge in [0.15, 0.2) is 0 Å². The Labute approximate surface area is 124 Å². The molecule has 0 saturated heterocycles. The molecule has 0 heterocycles. The molecule has 2 atom stereocenters. The zero-order chi connectivity index (χ0) is 16.8. The van der Waals surface area contributed by atoms with Crippen LogP contribution in [0.4, 0.5) is 0 Å². The summed E-state index contributed by atoms with van der Waals surface area (Å²) < 4.78 is 25.2. The number of carbonyl (C=O) groups excluding carboxylic acids is 1. The predicted molar refractivity (Wildman–Crippen MR) is 80.0 cm³/mol. The molecule has 120 valence electrons. The number of benzene rings is 1. The van der Waals surface area contributed by atoms with Crippen molar-refractivity contribution in [1.82, 2.24) is 0 Å². The van der Waals surface area contributed by atoms with Crippen molar-refractivity contribution < 1.29 is 22.9 Å². The number of nitrogens with two attached hydrogens (primary N) is 2. The van der Waals surface area contributed by atoms with Crippen LogP contribution < -0.4 is 10.9 Å². The molecule has 0 spiro atoms. The second-order valence-corrected chi connectivity index (χ2v) is 6.02. The Balaban J connectivity index is 0.000000690. The summed E-state index contributed by atoms with van der Waals surface area (Å²) in [6.45, 7) is 5.81. The van der Waals surface area contributed by atoms with E-state index >= 15 is 0 Å². The van der Waals surface area contributed by atoms with Gasteiger partial charge in [-0.3, -0.25) is 9.35 Å². The molecular weight excluding hydrogens is 296 g/mol. The van der Waals surface area contributed by atoms with Crippen molar-refractivity contribution in [2.24, 2.45) is 16.8 Å². The molecule has 1 aromatic rings. The summed E-state index contributed by atoms with van der Waals surface area (Å²) in [6.07, 6.45) is -0.472. The van der Waals surface area contributed by atoms with Crippen molar-refractivity contribution in [2.75, 3.05) is 0 Å². The topological polar surface area (TPSA) is 144 Å². The third kappa shape index (κ3) is 7.76.